The maximum Gasteiger partial charge on any atom is 0.303 e. The van der Waals surface area contributed by atoms with Gasteiger partial charge in [0.05, 0.1) is 0 Å². The smallest absolute Gasteiger partial charge is 0.303 e. The predicted octanol–water partition coefficient (Wildman–Crippen LogP) is 1.69. The zero-order valence-electron chi connectivity index (χ0n) is 10.5. The van der Waals surface area contributed by atoms with Crippen LogP contribution in [0.3, 0.4) is 0 Å². The van der Waals surface area contributed by atoms with Crippen LogP contribution < -0.4 is 5.73 Å². The van der Waals surface area contributed by atoms with Crippen LogP contribution >= 0.6 is 0 Å². The second-order valence-corrected chi connectivity index (χ2v) is 4.52. The van der Waals surface area contributed by atoms with Crippen molar-refractivity contribution in [3.63, 3.8) is 0 Å². The summed E-state index contributed by atoms with van der Waals surface area (Å²) in [4.78, 5) is 10.4. The van der Waals surface area contributed by atoms with Crippen molar-refractivity contribution in [2.75, 3.05) is 0 Å². The van der Waals surface area contributed by atoms with Crippen LogP contribution in [0.2, 0.25) is 0 Å². The molecule has 1 atom stereocenters. The Morgan fingerprint density at radius 1 is 1.11 bits per heavy atom. The predicted molar refractivity (Wildman–Crippen MR) is 70.1 cm³/mol. The molecule has 0 aliphatic rings. The lowest BCUT2D eigenvalue weighted by molar-refractivity contribution is -0.136. The number of aliphatic hydroxyl groups is 1. The normalized spacial score (nSPS) is 12.3. The van der Waals surface area contributed by atoms with Crippen molar-refractivity contribution < 1.29 is 15.0 Å². The van der Waals surface area contributed by atoms with E-state index in [0.717, 1.165) is 24.8 Å². The third kappa shape index (κ3) is 6.37. The van der Waals surface area contributed by atoms with Gasteiger partial charge in [-0.3, -0.25) is 4.79 Å². The zero-order chi connectivity index (χ0) is 13.4. The highest BCUT2D eigenvalue weighted by Crippen LogP contribution is 2.10. The number of nitrogens with two attached hydrogens (primary N) is 1. The summed E-state index contributed by atoms with van der Waals surface area (Å²) < 4.78 is 0. The van der Waals surface area contributed by atoms with E-state index < -0.39 is 12.2 Å². The summed E-state index contributed by atoms with van der Waals surface area (Å²) in [6, 6.07) is 8.04. The Kier molecular flexibility index (Phi) is 6.39. The third-order valence-electron chi connectivity index (χ3n) is 2.87. The van der Waals surface area contributed by atoms with Crippen molar-refractivity contribution >= 4 is 5.97 Å². The van der Waals surface area contributed by atoms with Gasteiger partial charge < -0.3 is 15.9 Å². The number of aryl methyl sites for hydroxylation is 2. The molecule has 0 saturated heterocycles. The highest BCUT2D eigenvalue weighted by Gasteiger charge is 2.00. The fraction of sp³-hybridized carbons (Fsp3) is 0.500. The molecule has 1 aromatic rings. The van der Waals surface area contributed by atoms with Gasteiger partial charge in [-0.2, -0.15) is 0 Å². The first-order valence-corrected chi connectivity index (χ1v) is 6.31. The van der Waals surface area contributed by atoms with Crippen molar-refractivity contribution in [2.24, 2.45) is 5.73 Å². The van der Waals surface area contributed by atoms with E-state index >= 15 is 0 Å². The maximum absolute atomic E-state index is 10.4. The first-order chi connectivity index (χ1) is 8.58. The van der Waals surface area contributed by atoms with E-state index in [9.17, 15) is 4.79 Å². The fourth-order valence-corrected chi connectivity index (χ4v) is 1.81. The number of aliphatic hydroxyl groups excluding tert-OH is 1. The number of aliphatic carboxylic acids is 1. The summed E-state index contributed by atoms with van der Waals surface area (Å²) >= 11 is 0. The van der Waals surface area contributed by atoms with E-state index in [-0.39, 0.29) is 6.42 Å². The molecule has 1 rings (SSSR count). The molecule has 0 fully saturated rings. The minimum absolute atomic E-state index is 0.174. The summed E-state index contributed by atoms with van der Waals surface area (Å²) in [5.74, 6) is -0.764. The molecule has 100 valence electrons. The maximum atomic E-state index is 10.4. The van der Waals surface area contributed by atoms with Gasteiger partial charge in [-0.15, -0.1) is 0 Å². The quantitative estimate of drug-likeness (QED) is 0.485. The zero-order valence-corrected chi connectivity index (χ0v) is 10.5. The molecule has 0 aromatic heterocycles. The second kappa shape index (κ2) is 7.84. The molecule has 4 nitrogen and oxygen atoms in total. The van der Waals surface area contributed by atoms with E-state index in [0.29, 0.717) is 12.8 Å². The van der Waals surface area contributed by atoms with Gasteiger partial charge in [-0.05, 0) is 43.2 Å². The van der Waals surface area contributed by atoms with Crippen molar-refractivity contribution in [2.45, 2.75) is 44.8 Å². The van der Waals surface area contributed by atoms with Crippen LogP contribution in [0.15, 0.2) is 24.3 Å². The van der Waals surface area contributed by atoms with Crippen LogP contribution in [0.5, 0.6) is 0 Å². The molecule has 1 aromatic carbocycles. The van der Waals surface area contributed by atoms with Crippen LogP contribution in [-0.4, -0.2) is 22.4 Å². The molecule has 1 unspecified atom stereocenters. The number of benzene rings is 1. The lowest BCUT2D eigenvalue weighted by Crippen LogP contribution is -2.17. The number of unbranched alkanes of at least 4 members (excludes halogenated alkanes) is 1. The highest BCUT2D eigenvalue weighted by atomic mass is 16.4. The van der Waals surface area contributed by atoms with Crippen LogP contribution in [0.4, 0.5) is 0 Å². The number of hydrogen-bond donors (Lipinski definition) is 3. The van der Waals surface area contributed by atoms with E-state index in [1.807, 2.05) is 24.3 Å². The lowest BCUT2D eigenvalue weighted by atomic mass is 10.0. The van der Waals surface area contributed by atoms with Gasteiger partial charge in [0.25, 0.3) is 0 Å². The molecular formula is C14H21NO3. The molecule has 18 heavy (non-hydrogen) atoms. The van der Waals surface area contributed by atoms with Crippen LogP contribution in [0.1, 0.15) is 36.8 Å². The molecule has 0 spiro atoms. The summed E-state index contributed by atoms with van der Waals surface area (Å²) in [7, 11) is 0. The summed E-state index contributed by atoms with van der Waals surface area (Å²) in [6.45, 7) is 0. The number of hydrogen-bond acceptors (Lipinski definition) is 3. The van der Waals surface area contributed by atoms with Crippen LogP contribution in [0.25, 0.3) is 0 Å². The van der Waals surface area contributed by atoms with Crippen LogP contribution in [-0.2, 0) is 17.6 Å². The molecular weight excluding hydrogens is 230 g/mol. The monoisotopic (exact) mass is 251 g/mol. The van der Waals surface area contributed by atoms with Crippen molar-refractivity contribution in [3.05, 3.63) is 35.4 Å². The van der Waals surface area contributed by atoms with Gasteiger partial charge in [0, 0.05) is 6.42 Å². The van der Waals surface area contributed by atoms with Gasteiger partial charge in [0.15, 0.2) is 0 Å². The van der Waals surface area contributed by atoms with E-state index in [1.165, 1.54) is 5.56 Å². The molecule has 0 saturated carbocycles. The van der Waals surface area contributed by atoms with Crippen molar-refractivity contribution in [3.8, 4) is 0 Å². The molecule has 0 bridgehead atoms. The Morgan fingerprint density at radius 3 is 2.17 bits per heavy atom. The molecule has 0 radical (unpaired) electrons. The van der Waals surface area contributed by atoms with Gasteiger partial charge >= 0.3 is 5.97 Å². The molecule has 0 aliphatic heterocycles. The van der Waals surface area contributed by atoms with Crippen LogP contribution in [0, 0.1) is 0 Å². The number of carboxylic acid groups (broad SMARTS) is 1. The summed E-state index contributed by atoms with van der Waals surface area (Å²) in [5.41, 5.74) is 7.55. The standard InChI is InChI=1S/C14H21NO3/c15-13(16)4-2-1-3-11-5-7-12(8-6-11)9-10-14(17)18/h5-8,13,16H,1-4,9-10,15H2,(H,17,18). The number of carboxylic acids is 1. The van der Waals surface area contributed by atoms with Gasteiger partial charge in [0.2, 0.25) is 0 Å². The Morgan fingerprint density at radius 2 is 1.67 bits per heavy atom. The van der Waals surface area contributed by atoms with E-state index in [1.54, 1.807) is 0 Å². The minimum atomic E-state index is -0.764. The Labute approximate surface area is 107 Å². The molecule has 0 heterocycles. The number of rotatable bonds is 8. The average Bonchev–Trinajstić information content (AvgIpc) is 2.33. The Hall–Kier alpha value is -1.39. The SMILES string of the molecule is NC(O)CCCCc1ccc(CCC(=O)O)cc1. The van der Waals surface area contributed by atoms with Gasteiger partial charge in [-0.25, -0.2) is 0 Å². The average molecular weight is 251 g/mol. The minimum Gasteiger partial charge on any atom is -0.481 e. The van der Waals surface area contributed by atoms with Gasteiger partial charge in [0.1, 0.15) is 6.23 Å². The van der Waals surface area contributed by atoms with Crippen molar-refractivity contribution in [1.29, 1.82) is 0 Å². The molecule has 0 amide bonds. The lowest BCUT2D eigenvalue weighted by Gasteiger charge is -2.05. The van der Waals surface area contributed by atoms with E-state index in [2.05, 4.69) is 0 Å². The van der Waals surface area contributed by atoms with E-state index in [4.69, 9.17) is 15.9 Å². The molecule has 4 N–H and O–H groups in total. The Balaban J connectivity index is 2.29. The summed E-state index contributed by atoms with van der Waals surface area (Å²) in [5, 5.41) is 17.5. The third-order valence-corrected chi connectivity index (χ3v) is 2.87. The first-order valence-electron chi connectivity index (χ1n) is 6.31. The molecule has 4 heteroatoms. The highest BCUT2D eigenvalue weighted by molar-refractivity contribution is 5.67. The topological polar surface area (TPSA) is 83.5 Å². The first kappa shape index (κ1) is 14.7. The Bertz CT molecular complexity index is 360. The van der Waals surface area contributed by atoms with Gasteiger partial charge in [-0.1, -0.05) is 24.3 Å². The molecule has 0 aliphatic carbocycles. The number of carbonyl (C=O) groups is 1. The van der Waals surface area contributed by atoms with Crippen molar-refractivity contribution in [1.82, 2.24) is 0 Å². The largest absolute Gasteiger partial charge is 0.481 e. The fourth-order valence-electron chi connectivity index (χ4n) is 1.81. The second-order valence-electron chi connectivity index (χ2n) is 4.52. The summed E-state index contributed by atoms with van der Waals surface area (Å²) in [6.07, 6.45) is 3.57.